The largest absolute Gasteiger partial charge is 0.478 e. The van der Waals surface area contributed by atoms with Crippen molar-refractivity contribution >= 4 is 29.4 Å². The van der Waals surface area contributed by atoms with Crippen LogP contribution in [-0.2, 0) is 19.3 Å². The van der Waals surface area contributed by atoms with E-state index in [1.165, 1.54) is 0 Å². The Morgan fingerprint density at radius 1 is 1.00 bits per heavy atom. The maximum Gasteiger partial charge on any atom is 0.339 e. The van der Waals surface area contributed by atoms with E-state index in [4.69, 9.17) is 4.74 Å². The van der Waals surface area contributed by atoms with E-state index in [-0.39, 0.29) is 11.0 Å². The van der Waals surface area contributed by atoms with Crippen LogP contribution in [0.2, 0.25) is 0 Å². The highest BCUT2D eigenvalue weighted by molar-refractivity contribution is 6.00. The zero-order valence-corrected chi connectivity index (χ0v) is 27.7. The molecule has 3 aliphatic heterocycles. The lowest BCUT2D eigenvalue weighted by molar-refractivity contribution is 0.0689. The first-order valence-corrected chi connectivity index (χ1v) is 16.6. The highest BCUT2D eigenvalue weighted by Crippen LogP contribution is 2.49. The summed E-state index contributed by atoms with van der Waals surface area (Å²) in [5.41, 5.74) is 3.40. The second kappa shape index (κ2) is 12.2. The van der Waals surface area contributed by atoms with E-state index in [2.05, 4.69) is 45.2 Å². The zero-order valence-electron chi connectivity index (χ0n) is 27.7. The van der Waals surface area contributed by atoms with Gasteiger partial charge in [0.2, 0.25) is 0 Å². The third kappa shape index (κ3) is 5.53. The van der Waals surface area contributed by atoms with Crippen molar-refractivity contribution in [2.24, 2.45) is 5.41 Å². The van der Waals surface area contributed by atoms with Gasteiger partial charge in [-0.15, -0.1) is 0 Å². The molecule has 3 heterocycles. The van der Waals surface area contributed by atoms with Crippen LogP contribution in [-0.4, -0.2) is 24.2 Å². The van der Waals surface area contributed by atoms with E-state index in [1.54, 1.807) is 6.07 Å². The van der Waals surface area contributed by atoms with Crippen LogP contribution in [0, 0.1) is 28.7 Å². The lowest BCUT2D eigenvalue weighted by Crippen LogP contribution is -2.32. The molecule has 0 fully saturated rings. The molecule has 4 nitrogen and oxygen atoms in total. The number of benzene rings is 3. The minimum atomic E-state index is -2.16. The summed E-state index contributed by atoms with van der Waals surface area (Å²) in [5, 5.41) is 11.2. The van der Waals surface area contributed by atoms with Crippen LogP contribution in [0.1, 0.15) is 110 Å². The van der Waals surface area contributed by atoms with Crippen molar-refractivity contribution in [2.75, 3.05) is 18.0 Å². The molecule has 0 saturated carbocycles. The van der Waals surface area contributed by atoms with E-state index in [0.29, 0.717) is 35.1 Å². The number of carbonyl (C=O) groups is 1. The Labute approximate surface area is 273 Å². The molecule has 0 atom stereocenters. The van der Waals surface area contributed by atoms with Gasteiger partial charge in [-0.1, -0.05) is 46.8 Å². The SMILES string of the molecule is C=c1c(/C(C)=C\C(C)(C)C)cc2c(c1CCCC)Oc1c(cc3c4c1CCCN4CCCC3)C=2c1c(F)c(F)c(F)c(F)c1C(=O)O. The monoisotopic (exact) mass is 647 g/mol. The fourth-order valence-corrected chi connectivity index (χ4v) is 7.63. The number of halogens is 4. The second-order valence-corrected chi connectivity index (χ2v) is 14.1. The fraction of sp³-hybridized carbons (Fsp3) is 0.410. The summed E-state index contributed by atoms with van der Waals surface area (Å²) in [6, 6.07) is 3.62. The van der Waals surface area contributed by atoms with Gasteiger partial charge in [0.25, 0.3) is 0 Å². The van der Waals surface area contributed by atoms with E-state index < -0.39 is 40.4 Å². The lowest BCUT2D eigenvalue weighted by atomic mass is 9.82. The van der Waals surface area contributed by atoms with Crippen molar-refractivity contribution in [1.82, 2.24) is 0 Å². The molecule has 0 aliphatic carbocycles. The van der Waals surface area contributed by atoms with Gasteiger partial charge in [-0.2, -0.15) is 0 Å². The number of allylic oxidation sites excluding steroid dienone is 2. The number of ether oxygens (including phenoxy) is 1. The third-order valence-corrected chi connectivity index (χ3v) is 9.55. The van der Waals surface area contributed by atoms with Gasteiger partial charge in [0.15, 0.2) is 23.3 Å². The molecule has 0 saturated heterocycles. The van der Waals surface area contributed by atoms with Crippen LogP contribution in [0.3, 0.4) is 0 Å². The van der Waals surface area contributed by atoms with Crippen LogP contribution in [0.5, 0.6) is 11.5 Å². The van der Waals surface area contributed by atoms with Crippen molar-refractivity contribution in [3.8, 4) is 11.5 Å². The van der Waals surface area contributed by atoms with Crippen molar-refractivity contribution in [3.05, 3.63) is 90.9 Å². The van der Waals surface area contributed by atoms with Gasteiger partial charge in [-0.05, 0) is 91.3 Å². The maximum absolute atomic E-state index is 16.2. The molecule has 3 aromatic rings. The number of unbranched alkanes of at least 4 members (excludes halogenated alkanes) is 1. The van der Waals surface area contributed by atoms with Crippen molar-refractivity contribution in [1.29, 1.82) is 0 Å². The summed E-state index contributed by atoms with van der Waals surface area (Å²) in [4.78, 5) is 14.9. The minimum Gasteiger partial charge on any atom is -0.478 e. The summed E-state index contributed by atoms with van der Waals surface area (Å²) in [6.07, 6.45) is 8.43. The van der Waals surface area contributed by atoms with Crippen molar-refractivity contribution in [3.63, 3.8) is 0 Å². The normalized spacial score (nSPS) is 15.9. The standard InChI is InChI=1S/C39H41F4NO3/c1-7-8-13-23-21(3)25(20(2)19-39(4,5)6)18-27-28(29-30(38(45)46)32(41)34(43)33(42)31(29)40)26-17-22-12-9-10-15-44-16-11-14-24(35(22)44)37(26)47-36(23)27/h17-19H,3,7-16H2,1-2,4-6H3,(H,45,46)/b20-19-. The van der Waals surface area contributed by atoms with Crippen LogP contribution in [0.15, 0.2) is 18.2 Å². The van der Waals surface area contributed by atoms with E-state index in [1.807, 2.05) is 13.0 Å². The van der Waals surface area contributed by atoms with Gasteiger partial charge in [-0.3, -0.25) is 0 Å². The smallest absolute Gasteiger partial charge is 0.339 e. The molecule has 0 aromatic heterocycles. The number of hydrogen-bond donors (Lipinski definition) is 1. The Hall–Kier alpha value is -4.07. The molecule has 3 aromatic carbocycles. The first-order valence-electron chi connectivity index (χ1n) is 16.6. The number of rotatable bonds is 6. The van der Waals surface area contributed by atoms with Gasteiger partial charge in [-0.25, -0.2) is 22.4 Å². The summed E-state index contributed by atoms with van der Waals surface area (Å²) >= 11 is 0. The summed E-state index contributed by atoms with van der Waals surface area (Å²) in [6.45, 7) is 16.4. The highest BCUT2D eigenvalue weighted by Gasteiger charge is 2.38. The number of anilines is 1. The van der Waals surface area contributed by atoms with Crippen LogP contribution >= 0.6 is 0 Å². The van der Waals surface area contributed by atoms with Gasteiger partial charge >= 0.3 is 5.97 Å². The molecule has 0 radical (unpaired) electrons. The summed E-state index contributed by atoms with van der Waals surface area (Å²) < 4.78 is 68.4. The number of aromatic carboxylic acids is 1. The molecular weight excluding hydrogens is 606 g/mol. The summed E-state index contributed by atoms with van der Waals surface area (Å²) in [5.74, 6) is -9.03. The fourth-order valence-electron chi connectivity index (χ4n) is 7.63. The van der Waals surface area contributed by atoms with Crippen LogP contribution in [0.25, 0.3) is 17.7 Å². The number of carboxylic acid groups (broad SMARTS) is 1. The molecule has 0 bridgehead atoms. The van der Waals surface area contributed by atoms with Gasteiger partial charge in [0, 0.05) is 51.8 Å². The third-order valence-electron chi connectivity index (χ3n) is 9.55. The molecule has 0 unspecified atom stereocenters. The lowest BCUT2D eigenvalue weighted by Gasteiger charge is -2.36. The Kier molecular flexibility index (Phi) is 8.52. The zero-order chi connectivity index (χ0) is 33.9. The average Bonchev–Trinajstić information content (AvgIpc) is 3.22. The van der Waals surface area contributed by atoms with Gasteiger partial charge < -0.3 is 14.7 Å². The Morgan fingerprint density at radius 3 is 2.38 bits per heavy atom. The van der Waals surface area contributed by atoms with Gasteiger partial charge in [0.1, 0.15) is 17.1 Å². The topological polar surface area (TPSA) is 49.8 Å². The van der Waals surface area contributed by atoms with Crippen molar-refractivity contribution in [2.45, 2.75) is 86.0 Å². The molecule has 0 amide bonds. The quantitative estimate of drug-likeness (QED) is 0.129. The molecule has 47 heavy (non-hydrogen) atoms. The predicted octanol–water partition coefficient (Wildman–Crippen LogP) is 8.59. The Morgan fingerprint density at radius 2 is 1.70 bits per heavy atom. The van der Waals surface area contributed by atoms with Crippen molar-refractivity contribution < 1.29 is 32.2 Å². The van der Waals surface area contributed by atoms with E-state index in [9.17, 15) is 14.3 Å². The minimum absolute atomic E-state index is 0.0167. The van der Waals surface area contributed by atoms with Gasteiger partial charge in [0.05, 0.1) is 0 Å². The average molecular weight is 648 g/mol. The first kappa shape index (κ1) is 32.9. The summed E-state index contributed by atoms with van der Waals surface area (Å²) in [7, 11) is 0. The molecule has 1 N–H and O–H groups in total. The number of nitrogens with zero attached hydrogens (tertiary/aromatic N) is 1. The highest BCUT2D eigenvalue weighted by atomic mass is 19.2. The number of carboxylic acids is 1. The molecule has 0 spiro atoms. The Bertz CT molecular complexity index is 1970. The molecule has 3 aliphatic rings. The first-order chi connectivity index (χ1) is 22.2. The number of fused-ring (bicyclic) bond motifs is 3. The van der Waals surface area contributed by atoms with E-state index >= 15 is 13.2 Å². The predicted molar refractivity (Wildman–Crippen MR) is 178 cm³/mol. The second-order valence-electron chi connectivity index (χ2n) is 14.1. The molecular formula is C39H41F4NO3. The maximum atomic E-state index is 16.2. The molecule has 6 rings (SSSR count). The van der Waals surface area contributed by atoms with Crippen LogP contribution in [0.4, 0.5) is 23.2 Å². The number of hydrogen-bond acceptors (Lipinski definition) is 3. The van der Waals surface area contributed by atoms with Crippen LogP contribution < -0.4 is 20.1 Å². The Balaban J connectivity index is 1.86. The van der Waals surface area contributed by atoms with E-state index in [0.717, 1.165) is 90.3 Å². The number of aryl methyl sites for hydroxylation is 1. The molecule has 248 valence electrons. The molecule has 8 heteroatoms.